The van der Waals surface area contributed by atoms with E-state index in [1.807, 2.05) is 0 Å². The summed E-state index contributed by atoms with van der Waals surface area (Å²) in [6.45, 7) is 3.11. The molecule has 0 atom stereocenters. The van der Waals surface area contributed by atoms with Crippen LogP contribution in [0.5, 0.6) is 0 Å². The van der Waals surface area contributed by atoms with Gasteiger partial charge in [-0.1, -0.05) is 12.1 Å². The van der Waals surface area contributed by atoms with Crippen LogP contribution in [-0.4, -0.2) is 25.4 Å². The first kappa shape index (κ1) is 19.8. The standard InChI is InChI=1S/C14H21N3O4S.ClH/c1-9-3-4-10(2)14(13(9)17(18)19)22(20,21)16-12-7-5-11(15)6-8-12;/h3-4,11-12,16H,5-8,15H2,1-2H3;1H. The zero-order valence-corrected chi connectivity index (χ0v) is 14.7. The Morgan fingerprint density at radius 3 is 2.22 bits per heavy atom. The molecule has 0 saturated heterocycles. The van der Waals surface area contributed by atoms with Crippen LogP contribution >= 0.6 is 12.4 Å². The molecule has 0 unspecified atom stereocenters. The number of hydrogen-bond acceptors (Lipinski definition) is 5. The molecule has 0 aliphatic heterocycles. The highest BCUT2D eigenvalue weighted by atomic mass is 35.5. The molecule has 0 heterocycles. The summed E-state index contributed by atoms with van der Waals surface area (Å²) in [5.41, 5.74) is 6.17. The van der Waals surface area contributed by atoms with Crippen molar-refractivity contribution in [3.63, 3.8) is 0 Å². The first-order valence-corrected chi connectivity index (χ1v) is 8.73. The van der Waals surface area contributed by atoms with Gasteiger partial charge >= 0.3 is 0 Å². The number of aryl methyl sites for hydroxylation is 2. The van der Waals surface area contributed by atoms with E-state index in [1.165, 1.54) is 6.92 Å². The number of nitrogens with two attached hydrogens (primary N) is 1. The lowest BCUT2D eigenvalue weighted by molar-refractivity contribution is -0.388. The fourth-order valence-corrected chi connectivity index (χ4v) is 4.63. The van der Waals surface area contributed by atoms with Crippen molar-refractivity contribution >= 4 is 28.1 Å². The van der Waals surface area contributed by atoms with E-state index < -0.39 is 14.9 Å². The van der Waals surface area contributed by atoms with Gasteiger partial charge in [-0.05, 0) is 45.1 Å². The Morgan fingerprint density at radius 1 is 1.17 bits per heavy atom. The van der Waals surface area contributed by atoms with Gasteiger partial charge < -0.3 is 5.73 Å². The summed E-state index contributed by atoms with van der Waals surface area (Å²) >= 11 is 0. The predicted molar refractivity (Wildman–Crippen MR) is 90.4 cm³/mol. The summed E-state index contributed by atoms with van der Waals surface area (Å²) in [4.78, 5) is 10.4. The van der Waals surface area contributed by atoms with E-state index in [0.717, 1.165) is 12.8 Å². The third-order valence-electron chi connectivity index (χ3n) is 4.08. The van der Waals surface area contributed by atoms with Crippen molar-refractivity contribution in [2.45, 2.75) is 56.5 Å². The smallest absolute Gasteiger partial charge is 0.292 e. The van der Waals surface area contributed by atoms with Crippen molar-refractivity contribution in [3.05, 3.63) is 33.4 Å². The molecular weight excluding hydrogens is 342 g/mol. The number of hydrogen-bond donors (Lipinski definition) is 2. The maximum Gasteiger partial charge on any atom is 0.292 e. The van der Waals surface area contributed by atoms with E-state index in [4.69, 9.17) is 5.73 Å². The lowest BCUT2D eigenvalue weighted by Gasteiger charge is -2.26. The molecule has 0 radical (unpaired) electrons. The van der Waals surface area contributed by atoms with Gasteiger partial charge in [0, 0.05) is 17.6 Å². The van der Waals surface area contributed by atoms with Crippen LogP contribution in [0.2, 0.25) is 0 Å². The highest BCUT2D eigenvalue weighted by molar-refractivity contribution is 7.89. The van der Waals surface area contributed by atoms with Gasteiger partial charge in [-0.15, -0.1) is 12.4 Å². The summed E-state index contributed by atoms with van der Waals surface area (Å²) in [6.07, 6.45) is 2.81. The number of halogens is 1. The SMILES string of the molecule is Cc1ccc(C)c(S(=O)(=O)NC2CCC(N)CC2)c1[N+](=O)[O-].Cl. The normalized spacial score (nSPS) is 21.5. The average molecular weight is 364 g/mol. The Kier molecular flexibility index (Phi) is 6.52. The van der Waals surface area contributed by atoms with Crippen molar-refractivity contribution in [3.8, 4) is 0 Å². The van der Waals surface area contributed by atoms with Gasteiger partial charge in [0.2, 0.25) is 10.0 Å². The van der Waals surface area contributed by atoms with Gasteiger partial charge in [0.15, 0.2) is 4.90 Å². The van der Waals surface area contributed by atoms with Crippen LogP contribution in [0.4, 0.5) is 5.69 Å². The van der Waals surface area contributed by atoms with Gasteiger partial charge in [-0.3, -0.25) is 10.1 Å². The van der Waals surface area contributed by atoms with Crippen molar-refractivity contribution in [2.24, 2.45) is 5.73 Å². The van der Waals surface area contributed by atoms with Crippen LogP contribution in [0.3, 0.4) is 0 Å². The maximum atomic E-state index is 12.6. The number of benzene rings is 1. The molecule has 1 fully saturated rings. The van der Waals surface area contributed by atoms with E-state index >= 15 is 0 Å². The molecular formula is C14H22ClN3O4S. The first-order chi connectivity index (χ1) is 10.2. The van der Waals surface area contributed by atoms with Crippen LogP contribution in [-0.2, 0) is 10.0 Å². The van der Waals surface area contributed by atoms with Gasteiger partial charge in [0.25, 0.3) is 5.69 Å². The molecule has 9 heteroatoms. The molecule has 130 valence electrons. The molecule has 7 nitrogen and oxygen atoms in total. The largest absolute Gasteiger partial charge is 0.328 e. The lowest BCUT2D eigenvalue weighted by atomic mass is 9.93. The molecule has 1 aliphatic carbocycles. The zero-order chi connectivity index (χ0) is 16.5. The quantitative estimate of drug-likeness (QED) is 0.628. The van der Waals surface area contributed by atoms with E-state index in [1.54, 1.807) is 19.1 Å². The lowest BCUT2D eigenvalue weighted by Crippen LogP contribution is -2.40. The zero-order valence-electron chi connectivity index (χ0n) is 13.1. The van der Waals surface area contributed by atoms with Gasteiger partial charge in [-0.25, -0.2) is 13.1 Å². The summed E-state index contributed by atoms with van der Waals surface area (Å²) in [7, 11) is -3.94. The molecule has 1 aromatic carbocycles. The van der Waals surface area contributed by atoms with Gasteiger partial charge in [-0.2, -0.15) is 0 Å². The monoisotopic (exact) mass is 363 g/mol. The van der Waals surface area contributed by atoms with Crippen LogP contribution in [0.25, 0.3) is 0 Å². The van der Waals surface area contributed by atoms with E-state index in [2.05, 4.69) is 4.72 Å². The summed E-state index contributed by atoms with van der Waals surface area (Å²) in [5, 5.41) is 11.3. The van der Waals surface area contributed by atoms with Gasteiger partial charge in [0.1, 0.15) is 0 Å². The summed E-state index contributed by atoms with van der Waals surface area (Å²) in [6, 6.07) is 3.04. The van der Waals surface area contributed by atoms with E-state index in [-0.39, 0.29) is 35.1 Å². The number of rotatable bonds is 4. The van der Waals surface area contributed by atoms with Crippen LogP contribution in [0.1, 0.15) is 36.8 Å². The molecule has 0 amide bonds. The molecule has 1 saturated carbocycles. The molecule has 23 heavy (non-hydrogen) atoms. The highest BCUT2D eigenvalue weighted by Gasteiger charge is 2.32. The Morgan fingerprint density at radius 2 is 1.70 bits per heavy atom. The number of sulfonamides is 1. The molecule has 0 aromatic heterocycles. The number of nitrogens with zero attached hydrogens (tertiary/aromatic N) is 1. The van der Waals surface area contributed by atoms with Crippen LogP contribution < -0.4 is 10.5 Å². The Balaban J connectivity index is 0.00000264. The Labute approximate surface area is 142 Å². The predicted octanol–water partition coefficient (Wildman–Crippen LogP) is 2.18. The summed E-state index contributed by atoms with van der Waals surface area (Å²) in [5.74, 6) is 0. The topological polar surface area (TPSA) is 115 Å². The number of nitro groups is 1. The Hall–Kier alpha value is -1.22. The molecule has 0 bridgehead atoms. The second-order valence-corrected chi connectivity index (χ2v) is 7.52. The maximum absolute atomic E-state index is 12.6. The van der Waals surface area contributed by atoms with E-state index in [9.17, 15) is 18.5 Å². The second-order valence-electron chi connectivity index (χ2n) is 5.87. The first-order valence-electron chi connectivity index (χ1n) is 7.25. The summed E-state index contributed by atoms with van der Waals surface area (Å²) < 4.78 is 27.9. The average Bonchev–Trinajstić information content (AvgIpc) is 2.42. The van der Waals surface area contributed by atoms with Crippen molar-refractivity contribution in [1.29, 1.82) is 0 Å². The molecule has 1 aromatic rings. The molecule has 3 N–H and O–H groups in total. The fourth-order valence-electron chi connectivity index (χ4n) is 2.85. The third-order valence-corrected chi connectivity index (χ3v) is 5.77. The number of nitrogens with one attached hydrogen (secondary N) is 1. The number of nitro benzene ring substituents is 1. The third kappa shape index (κ3) is 4.41. The molecule has 1 aliphatic rings. The molecule has 0 spiro atoms. The van der Waals surface area contributed by atoms with Crippen LogP contribution in [0.15, 0.2) is 17.0 Å². The van der Waals surface area contributed by atoms with Crippen molar-refractivity contribution in [1.82, 2.24) is 4.72 Å². The minimum atomic E-state index is -3.94. The Bertz CT molecular complexity index is 686. The van der Waals surface area contributed by atoms with Gasteiger partial charge in [0.05, 0.1) is 4.92 Å². The van der Waals surface area contributed by atoms with Crippen LogP contribution in [0, 0.1) is 24.0 Å². The van der Waals surface area contributed by atoms with Crippen molar-refractivity contribution in [2.75, 3.05) is 0 Å². The van der Waals surface area contributed by atoms with Crippen molar-refractivity contribution < 1.29 is 13.3 Å². The van der Waals surface area contributed by atoms with E-state index in [0.29, 0.717) is 24.0 Å². The molecule has 2 rings (SSSR count). The fraction of sp³-hybridized carbons (Fsp3) is 0.571. The highest BCUT2D eigenvalue weighted by Crippen LogP contribution is 2.31. The minimum absolute atomic E-state index is 0. The second kappa shape index (κ2) is 7.57. The minimum Gasteiger partial charge on any atom is -0.328 e.